The molecule has 0 aliphatic carbocycles. The number of rotatable bonds is 2. The van der Waals surface area contributed by atoms with Crippen LogP contribution in [0.5, 0.6) is 0 Å². The standard InChI is InChI=1S/C16H15N3O3S/c20-14-9-23-16(22)19(14)10-5-6-18(8-10)15(21)12-7-17-13-4-2-1-3-11(12)13/h1-4,7,10,17H,5-6,8-9H2. The minimum Gasteiger partial charge on any atom is -0.360 e. The zero-order valence-corrected chi connectivity index (χ0v) is 13.1. The lowest BCUT2D eigenvalue weighted by atomic mass is 10.1. The van der Waals surface area contributed by atoms with Gasteiger partial charge in [0.1, 0.15) is 0 Å². The molecule has 1 aromatic heterocycles. The molecule has 1 aromatic carbocycles. The Hall–Kier alpha value is -2.28. The first-order chi connectivity index (χ1) is 11.1. The van der Waals surface area contributed by atoms with Crippen LogP contribution in [0.1, 0.15) is 16.8 Å². The maximum absolute atomic E-state index is 12.8. The number of carbonyl (C=O) groups excluding carboxylic acids is 3. The molecule has 3 amide bonds. The van der Waals surface area contributed by atoms with Gasteiger partial charge >= 0.3 is 0 Å². The van der Waals surface area contributed by atoms with Crippen molar-refractivity contribution in [2.24, 2.45) is 0 Å². The fourth-order valence-corrected chi connectivity index (χ4v) is 4.05. The number of nitrogens with zero attached hydrogens (tertiary/aromatic N) is 2. The summed E-state index contributed by atoms with van der Waals surface area (Å²) in [5.74, 6) is 0.00854. The molecular formula is C16H15N3O3S. The van der Waals surface area contributed by atoms with Crippen LogP contribution in [0.3, 0.4) is 0 Å². The number of imide groups is 1. The number of aromatic amines is 1. The van der Waals surface area contributed by atoms with Crippen molar-refractivity contribution >= 4 is 39.7 Å². The van der Waals surface area contributed by atoms with Crippen LogP contribution < -0.4 is 0 Å². The van der Waals surface area contributed by atoms with E-state index >= 15 is 0 Å². The SMILES string of the molecule is O=C(c1c[nH]c2ccccc12)N1CCC(N2C(=O)CSC2=O)C1. The number of benzene rings is 1. The number of hydrogen-bond acceptors (Lipinski definition) is 4. The Kier molecular flexibility index (Phi) is 3.37. The molecular weight excluding hydrogens is 314 g/mol. The number of aromatic nitrogens is 1. The van der Waals surface area contributed by atoms with Crippen LogP contribution in [0.25, 0.3) is 10.9 Å². The van der Waals surface area contributed by atoms with E-state index in [1.54, 1.807) is 11.1 Å². The van der Waals surface area contributed by atoms with Gasteiger partial charge in [0.25, 0.3) is 11.1 Å². The summed E-state index contributed by atoms with van der Waals surface area (Å²) in [5, 5.41) is 0.700. The van der Waals surface area contributed by atoms with Gasteiger partial charge in [-0.1, -0.05) is 30.0 Å². The summed E-state index contributed by atoms with van der Waals surface area (Å²) >= 11 is 1.04. The summed E-state index contributed by atoms with van der Waals surface area (Å²) in [5.41, 5.74) is 1.56. The first-order valence-electron chi connectivity index (χ1n) is 7.49. The van der Waals surface area contributed by atoms with Gasteiger partial charge in [-0.25, -0.2) is 0 Å². The average molecular weight is 329 g/mol. The van der Waals surface area contributed by atoms with E-state index in [9.17, 15) is 14.4 Å². The van der Waals surface area contributed by atoms with E-state index in [1.165, 1.54) is 4.90 Å². The largest absolute Gasteiger partial charge is 0.360 e. The smallest absolute Gasteiger partial charge is 0.289 e. The van der Waals surface area contributed by atoms with Crippen LogP contribution in [0.4, 0.5) is 4.79 Å². The number of carbonyl (C=O) groups is 3. The Morgan fingerprint density at radius 2 is 2.09 bits per heavy atom. The molecule has 118 valence electrons. The molecule has 1 atom stereocenters. The number of thioether (sulfide) groups is 1. The third-order valence-electron chi connectivity index (χ3n) is 4.42. The van der Waals surface area contributed by atoms with Gasteiger partial charge in [0.15, 0.2) is 0 Å². The molecule has 2 fully saturated rings. The molecule has 23 heavy (non-hydrogen) atoms. The molecule has 2 saturated heterocycles. The molecule has 1 unspecified atom stereocenters. The number of nitrogens with one attached hydrogen (secondary N) is 1. The van der Waals surface area contributed by atoms with Crippen molar-refractivity contribution in [2.75, 3.05) is 18.8 Å². The van der Waals surface area contributed by atoms with E-state index in [0.29, 0.717) is 25.1 Å². The summed E-state index contributed by atoms with van der Waals surface area (Å²) in [6.07, 6.45) is 2.37. The maximum atomic E-state index is 12.8. The average Bonchev–Trinajstić information content (AvgIpc) is 3.25. The number of likely N-dealkylation sites (tertiary alicyclic amines) is 1. The third-order valence-corrected chi connectivity index (χ3v) is 5.25. The fourth-order valence-electron chi connectivity index (χ4n) is 3.27. The third kappa shape index (κ3) is 2.31. The topological polar surface area (TPSA) is 73.5 Å². The van der Waals surface area contributed by atoms with Crippen molar-refractivity contribution in [3.05, 3.63) is 36.0 Å². The Bertz CT molecular complexity index is 800. The fraction of sp³-hybridized carbons (Fsp3) is 0.312. The van der Waals surface area contributed by atoms with Crippen molar-refractivity contribution in [1.29, 1.82) is 0 Å². The monoisotopic (exact) mass is 329 g/mol. The highest BCUT2D eigenvalue weighted by atomic mass is 32.2. The van der Waals surface area contributed by atoms with E-state index in [0.717, 1.165) is 22.7 Å². The molecule has 3 heterocycles. The molecule has 0 radical (unpaired) electrons. The van der Waals surface area contributed by atoms with Crippen LogP contribution in [-0.2, 0) is 4.79 Å². The molecule has 7 heteroatoms. The Balaban J connectivity index is 1.54. The number of H-pyrrole nitrogens is 1. The van der Waals surface area contributed by atoms with Gasteiger partial charge in [-0.3, -0.25) is 19.3 Å². The van der Waals surface area contributed by atoms with Crippen LogP contribution in [0, 0.1) is 0 Å². The lowest BCUT2D eigenvalue weighted by molar-refractivity contribution is -0.126. The number of amides is 3. The molecule has 0 saturated carbocycles. The lowest BCUT2D eigenvalue weighted by Gasteiger charge is -2.21. The maximum Gasteiger partial charge on any atom is 0.289 e. The highest BCUT2D eigenvalue weighted by Crippen LogP contribution is 2.28. The molecule has 4 rings (SSSR count). The zero-order valence-electron chi connectivity index (χ0n) is 12.3. The van der Waals surface area contributed by atoms with Crippen molar-refractivity contribution in [1.82, 2.24) is 14.8 Å². The van der Waals surface area contributed by atoms with Gasteiger partial charge in [0.05, 0.1) is 17.4 Å². The second-order valence-corrected chi connectivity index (χ2v) is 6.69. The van der Waals surface area contributed by atoms with Crippen LogP contribution in [0.2, 0.25) is 0 Å². The second kappa shape index (κ2) is 5.42. The number of para-hydroxylation sites is 1. The predicted molar refractivity (Wildman–Crippen MR) is 87.3 cm³/mol. The summed E-state index contributed by atoms with van der Waals surface area (Å²) < 4.78 is 0. The van der Waals surface area contributed by atoms with E-state index in [-0.39, 0.29) is 28.8 Å². The van der Waals surface area contributed by atoms with E-state index < -0.39 is 0 Å². The highest BCUT2D eigenvalue weighted by molar-refractivity contribution is 8.14. The quantitative estimate of drug-likeness (QED) is 0.915. The normalized spacial score (nSPS) is 21.7. The molecule has 0 bridgehead atoms. The minimum absolute atomic E-state index is 0.0586. The van der Waals surface area contributed by atoms with Crippen molar-refractivity contribution in [3.63, 3.8) is 0 Å². The van der Waals surface area contributed by atoms with Gasteiger partial charge in [0.2, 0.25) is 5.91 Å². The molecule has 2 aliphatic heterocycles. The van der Waals surface area contributed by atoms with Crippen LogP contribution in [0.15, 0.2) is 30.5 Å². The predicted octanol–water partition coefficient (Wildman–Crippen LogP) is 2.08. The molecule has 6 nitrogen and oxygen atoms in total. The first-order valence-corrected chi connectivity index (χ1v) is 8.48. The van der Waals surface area contributed by atoms with Crippen molar-refractivity contribution in [3.8, 4) is 0 Å². The van der Waals surface area contributed by atoms with Crippen LogP contribution in [-0.4, -0.2) is 56.7 Å². The highest BCUT2D eigenvalue weighted by Gasteiger charge is 2.40. The van der Waals surface area contributed by atoms with Crippen molar-refractivity contribution in [2.45, 2.75) is 12.5 Å². The summed E-state index contributed by atoms with van der Waals surface area (Å²) in [6, 6.07) is 7.47. The van der Waals surface area contributed by atoms with E-state index in [4.69, 9.17) is 0 Å². The summed E-state index contributed by atoms with van der Waals surface area (Å²) in [7, 11) is 0. The molecule has 1 N–H and O–H groups in total. The van der Waals surface area contributed by atoms with Gasteiger partial charge in [-0.05, 0) is 12.5 Å². The molecule has 2 aromatic rings. The Morgan fingerprint density at radius 3 is 2.87 bits per heavy atom. The summed E-state index contributed by atoms with van der Waals surface area (Å²) in [4.78, 5) is 42.6. The zero-order chi connectivity index (χ0) is 16.0. The van der Waals surface area contributed by atoms with E-state index in [2.05, 4.69) is 4.98 Å². The lowest BCUT2D eigenvalue weighted by Crippen LogP contribution is -2.41. The van der Waals surface area contributed by atoms with Crippen molar-refractivity contribution < 1.29 is 14.4 Å². The minimum atomic E-state index is -0.195. The van der Waals surface area contributed by atoms with Gasteiger partial charge in [0, 0.05) is 30.2 Å². The Labute approximate surface area is 136 Å². The molecule has 0 spiro atoms. The first kappa shape index (κ1) is 14.3. The van der Waals surface area contributed by atoms with Gasteiger partial charge in [-0.2, -0.15) is 0 Å². The van der Waals surface area contributed by atoms with Gasteiger partial charge < -0.3 is 9.88 Å². The van der Waals surface area contributed by atoms with Crippen LogP contribution >= 0.6 is 11.8 Å². The molecule has 2 aliphatic rings. The number of fused-ring (bicyclic) bond motifs is 1. The van der Waals surface area contributed by atoms with E-state index in [1.807, 2.05) is 24.3 Å². The summed E-state index contributed by atoms with van der Waals surface area (Å²) in [6.45, 7) is 0.973. The Morgan fingerprint density at radius 1 is 1.26 bits per heavy atom. The van der Waals surface area contributed by atoms with Gasteiger partial charge in [-0.15, -0.1) is 0 Å². The second-order valence-electron chi connectivity index (χ2n) is 5.76. The number of hydrogen-bond donors (Lipinski definition) is 1.